The summed E-state index contributed by atoms with van der Waals surface area (Å²) in [6.07, 6.45) is 1.07. The normalized spacial score (nSPS) is 21.6. The summed E-state index contributed by atoms with van der Waals surface area (Å²) < 4.78 is 0.434. The Kier molecular flexibility index (Phi) is 8.17. The fraction of sp³-hybridized carbons (Fsp3) is 0.400. The van der Waals surface area contributed by atoms with E-state index in [2.05, 4.69) is 20.4 Å². The fourth-order valence-corrected chi connectivity index (χ4v) is 7.12. The molecule has 2 saturated heterocycles. The number of hydrogen-bond acceptors (Lipinski definition) is 12. The minimum Gasteiger partial charge on any atom is -0.503 e. The first-order chi connectivity index (χ1) is 20.4. The van der Waals surface area contributed by atoms with Crippen LogP contribution in [0.25, 0.3) is 0 Å². The van der Waals surface area contributed by atoms with Crippen molar-refractivity contribution in [2.45, 2.75) is 11.4 Å². The van der Waals surface area contributed by atoms with Crippen LogP contribution in [0.15, 0.2) is 38.9 Å². The van der Waals surface area contributed by atoms with Gasteiger partial charge < -0.3 is 40.5 Å². The van der Waals surface area contributed by atoms with Crippen molar-refractivity contribution in [3.63, 3.8) is 0 Å². The molecule has 228 valence electrons. The third-order valence-electron chi connectivity index (χ3n) is 7.50. The van der Waals surface area contributed by atoms with Gasteiger partial charge in [0.05, 0.1) is 33.2 Å². The number of nitrogens with one attached hydrogen (secondary N) is 2. The molecule has 5 rings (SSSR count). The van der Waals surface area contributed by atoms with Crippen LogP contribution in [0.3, 0.4) is 0 Å². The number of piperazine rings is 1. The molecule has 0 spiro atoms. The predicted octanol–water partition coefficient (Wildman–Crippen LogP) is -1.19. The van der Waals surface area contributed by atoms with E-state index in [1.54, 1.807) is 4.90 Å². The third-order valence-corrected chi connectivity index (χ3v) is 9.51. The number of nitrogens with two attached hydrogens (primary N) is 1. The zero-order valence-electron chi connectivity index (χ0n) is 23.1. The molecule has 0 aliphatic carbocycles. The largest absolute Gasteiger partial charge is 0.503 e. The maximum absolute atomic E-state index is 13.2. The highest BCUT2D eigenvalue weighted by atomic mass is 32.2. The monoisotopic (exact) mass is 633 g/mol. The van der Waals surface area contributed by atoms with Gasteiger partial charge in [0.25, 0.3) is 17.7 Å². The van der Waals surface area contributed by atoms with E-state index in [0.717, 1.165) is 23.6 Å². The first-order valence-corrected chi connectivity index (χ1v) is 14.9. The molecule has 2 aromatic heterocycles. The number of carbonyl (C=O) groups excluding carboxylic acids is 3. The Morgan fingerprint density at radius 3 is 2.63 bits per heavy atom. The Morgan fingerprint density at radius 2 is 2.02 bits per heavy atom. The molecule has 2 fully saturated rings. The summed E-state index contributed by atoms with van der Waals surface area (Å²) in [5.74, 6) is -3.03. The van der Waals surface area contributed by atoms with E-state index in [1.165, 1.54) is 29.2 Å². The number of carbonyl (C=O) groups is 4. The molecule has 3 aliphatic rings. The van der Waals surface area contributed by atoms with Gasteiger partial charge >= 0.3 is 5.97 Å². The smallest absolute Gasteiger partial charge is 0.352 e. The van der Waals surface area contributed by atoms with Crippen molar-refractivity contribution in [3.8, 4) is 5.75 Å². The van der Waals surface area contributed by atoms with E-state index in [9.17, 15) is 34.2 Å². The SMILES string of the molecule is CON=C(C(=O)N[C@@H]1C(=O)N2C(C(=O)O)=C(C[N+]3(C)CCN(C(=O)c4cc(=O)c(O)c[nH]4)CC3)CS[C@@H]12)c1csc(N)n1. The number of carboxylic acid groups (broad SMARTS) is 1. The van der Waals surface area contributed by atoms with Gasteiger partial charge in [-0.05, 0) is 0 Å². The van der Waals surface area contributed by atoms with Gasteiger partial charge in [0.1, 0.15) is 42.2 Å². The number of anilines is 1. The summed E-state index contributed by atoms with van der Waals surface area (Å²) in [6, 6.07) is 0.0805. The number of H-pyrrole nitrogens is 1. The number of quaternary nitrogens is 1. The lowest BCUT2D eigenvalue weighted by Gasteiger charge is -2.50. The van der Waals surface area contributed by atoms with Gasteiger partial charge in [-0.1, -0.05) is 5.16 Å². The highest BCUT2D eigenvalue weighted by Crippen LogP contribution is 2.41. The number of thioether (sulfide) groups is 1. The number of aromatic amines is 1. The summed E-state index contributed by atoms with van der Waals surface area (Å²) in [7, 11) is 3.22. The van der Waals surface area contributed by atoms with Crippen molar-refractivity contribution in [2.75, 3.05) is 58.4 Å². The second-order valence-electron chi connectivity index (χ2n) is 10.4. The summed E-state index contributed by atoms with van der Waals surface area (Å²) in [5.41, 5.74) is 5.58. The molecule has 16 nitrogen and oxygen atoms in total. The molecule has 43 heavy (non-hydrogen) atoms. The molecule has 18 heteroatoms. The zero-order chi connectivity index (χ0) is 31.1. The van der Waals surface area contributed by atoms with Gasteiger partial charge in [0, 0.05) is 29.0 Å². The number of pyridine rings is 1. The molecule has 0 bridgehead atoms. The topological polar surface area (TPSA) is 221 Å². The van der Waals surface area contributed by atoms with Gasteiger partial charge in [-0.3, -0.25) is 24.1 Å². The molecule has 3 aliphatic heterocycles. The van der Waals surface area contributed by atoms with Gasteiger partial charge in [-0.25, -0.2) is 9.78 Å². The number of thiazole rings is 1. The molecular formula is C25H29N8O8S2+. The minimum atomic E-state index is -1.24. The minimum absolute atomic E-state index is 0.0683. The Bertz CT molecular complexity index is 1610. The molecule has 2 atom stereocenters. The molecule has 6 N–H and O–H groups in total. The van der Waals surface area contributed by atoms with E-state index < -0.39 is 40.4 Å². The Balaban J connectivity index is 1.26. The molecule has 0 radical (unpaired) electrons. The summed E-state index contributed by atoms with van der Waals surface area (Å²) in [4.78, 5) is 77.4. The Hall–Kier alpha value is -4.42. The number of hydrogen-bond donors (Lipinski definition) is 5. The van der Waals surface area contributed by atoms with Crippen molar-refractivity contribution >= 4 is 57.6 Å². The number of aromatic nitrogens is 2. The number of fused-ring (bicyclic) bond motifs is 1. The molecule has 3 amide bonds. The molecule has 0 aromatic carbocycles. The highest BCUT2D eigenvalue weighted by Gasteiger charge is 2.55. The van der Waals surface area contributed by atoms with Gasteiger partial charge in [0.15, 0.2) is 16.6 Å². The average molecular weight is 634 g/mol. The lowest BCUT2D eigenvalue weighted by molar-refractivity contribution is -0.908. The summed E-state index contributed by atoms with van der Waals surface area (Å²) >= 11 is 2.46. The number of aromatic hydroxyl groups is 1. The maximum atomic E-state index is 13.2. The second kappa shape index (κ2) is 11.7. The van der Waals surface area contributed by atoms with E-state index >= 15 is 0 Å². The number of rotatable bonds is 8. The quantitative estimate of drug-likeness (QED) is 0.101. The van der Waals surface area contributed by atoms with Crippen molar-refractivity contribution in [2.24, 2.45) is 5.16 Å². The van der Waals surface area contributed by atoms with Gasteiger partial charge in [-0.15, -0.1) is 23.1 Å². The van der Waals surface area contributed by atoms with Crippen LogP contribution in [0.1, 0.15) is 16.2 Å². The van der Waals surface area contributed by atoms with Crippen LogP contribution in [0.2, 0.25) is 0 Å². The molecule has 0 unspecified atom stereocenters. The first kappa shape index (κ1) is 30.1. The number of amides is 3. The van der Waals surface area contributed by atoms with E-state index in [1.807, 2.05) is 7.05 Å². The highest BCUT2D eigenvalue weighted by molar-refractivity contribution is 8.00. The van der Waals surface area contributed by atoms with Crippen LogP contribution >= 0.6 is 23.1 Å². The first-order valence-electron chi connectivity index (χ1n) is 13.0. The van der Waals surface area contributed by atoms with Crippen molar-refractivity contribution in [1.29, 1.82) is 0 Å². The molecular weight excluding hydrogens is 604 g/mol. The fourth-order valence-electron chi connectivity index (χ4n) is 5.23. The Morgan fingerprint density at radius 1 is 1.30 bits per heavy atom. The number of aliphatic carboxylic acids is 1. The van der Waals surface area contributed by atoms with Crippen LogP contribution in [0.5, 0.6) is 5.75 Å². The lowest BCUT2D eigenvalue weighted by atomic mass is 10.0. The van der Waals surface area contributed by atoms with Crippen LogP contribution < -0.4 is 16.5 Å². The van der Waals surface area contributed by atoms with E-state index in [4.69, 9.17) is 10.6 Å². The van der Waals surface area contributed by atoms with Gasteiger partial charge in [0.2, 0.25) is 5.43 Å². The molecule has 5 heterocycles. The number of β-lactam (4-membered cyclic amide) rings is 1. The summed E-state index contributed by atoms with van der Waals surface area (Å²) in [6.45, 7) is 2.07. The lowest BCUT2D eigenvalue weighted by Crippen LogP contribution is -2.71. The second-order valence-corrected chi connectivity index (χ2v) is 12.4. The third kappa shape index (κ3) is 5.80. The van der Waals surface area contributed by atoms with E-state index in [-0.39, 0.29) is 33.8 Å². The number of oxime groups is 1. The predicted molar refractivity (Wildman–Crippen MR) is 155 cm³/mol. The Labute approximate surface area is 252 Å². The van der Waals surface area contributed by atoms with Gasteiger partial charge in [-0.2, -0.15) is 0 Å². The maximum Gasteiger partial charge on any atom is 0.352 e. The van der Waals surface area contributed by atoms with Crippen LogP contribution in [0, 0.1) is 0 Å². The van der Waals surface area contributed by atoms with Crippen LogP contribution in [-0.4, -0.2) is 128 Å². The average Bonchev–Trinajstić information content (AvgIpc) is 3.41. The van der Waals surface area contributed by atoms with Crippen LogP contribution in [-0.2, 0) is 19.2 Å². The number of nitrogens with zero attached hydrogens (tertiary/aromatic N) is 5. The molecule has 0 saturated carbocycles. The number of likely N-dealkylation sites (N-methyl/N-ethyl adjacent to an activating group) is 1. The standard InChI is InChI=1S/C25H28N8O8S2/c1-33(5-3-31(4-6-33)21(37)13-7-15(34)16(35)8-27-13)9-12-10-42-23-18(22(38)32(23)19(12)24(39)40)29-20(36)17(30-41-2)14-11-43-25(26)28-14/h7-8,11,18,23H,3-6,9-10H2,1-2H3,(H5-,26,27,28,29,30,34,35,36,37,39,40)/p+1/t18-,23+/m1/s1. The zero-order valence-corrected chi connectivity index (χ0v) is 24.7. The van der Waals surface area contributed by atoms with Crippen molar-refractivity contribution < 1.29 is 38.7 Å². The number of carboxylic acids is 1. The van der Waals surface area contributed by atoms with Crippen molar-refractivity contribution in [3.05, 3.63) is 50.5 Å². The van der Waals surface area contributed by atoms with Crippen molar-refractivity contribution in [1.82, 2.24) is 25.1 Å². The van der Waals surface area contributed by atoms with E-state index in [0.29, 0.717) is 48.5 Å². The number of nitrogen functional groups attached to an aromatic ring is 1. The summed E-state index contributed by atoms with van der Waals surface area (Å²) in [5, 5.41) is 27.0. The van der Waals surface area contributed by atoms with Crippen LogP contribution in [0.4, 0.5) is 5.13 Å². The molecule has 2 aromatic rings.